The van der Waals surface area contributed by atoms with Gasteiger partial charge in [-0.25, -0.2) is 8.42 Å². The minimum absolute atomic E-state index is 0.00233. The van der Waals surface area contributed by atoms with E-state index < -0.39 is 21.2 Å². The lowest BCUT2D eigenvalue weighted by atomic mass is 9.49. The van der Waals surface area contributed by atoms with E-state index in [9.17, 15) is 22.8 Å². The molecule has 3 aromatic rings. The highest BCUT2D eigenvalue weighted by atomic mass is 32.2. The van der Waals surface area contributed by atoms with Crippen molar-refractivity contribution in [1.29, 1.82) is 0 Å². The Morgan fingerprint density at radius 3 is 2.56 bits per heavy atom. The van der Waals surface area contributed by atoms with E-state index >= 15 is 0 Å². The number of ether oxygens (including phenoxy) is 1. The quantitative estimate of drug-likeness (QED) is 0.187. The number of rotatable bonds is 11. The van der Waals surface area contributed by atoms with Crippen LogP contribution in [0.2, 0.25) is 0 Å². The Labute approximate surface area is 262 Å². The summed E-state index contributed by atoms with van der Waals surface area (Å²) in [4.78, 5) is 44.0. The first-order chi connectivity index (χ1) is 21.2. The zero-order chi connectivity index (χ0) is 32.5. The van der Waals surface area contributed by atoms with E-state index in [-0.39, 0.29) is 72.8 Å². The van der Waals surface area contributed by atoms with Gasteiger partial charge in [0, 0.05) is 25.1 Å². The van der Waals surface area contributed by atoms with E-state index in [1.54, 1.807) is 18.2 Å². The molecule has 1 aromatic carbocycles. The van der Waals surface area contributed by atoms with Crippen LogP contribution in [0.1, 0.15) is 29.2 Å². The van der Waals surface area contributed by atoms with Crippen LogP contribution < -0.4 is 20.7 Å². The molecule has 45 heavy (non-hydrogen) atoms. The van der Waals surface area contributed by atoms with Gasteiger partial charge < -0.3 is 30.1 Å². The number of para-hydroxylation sites is 1. The van der Waals surface area contributed by atoms with Gasteiger partial charge >= 0.3 is 0 Å². The van der Waals surface area contributed by atoms with Gasteiger partial charge in [-0.15, -0.1) is 10.2 Å². The second kappa shape index (κ2) is 12.5. The molecule has 1 aliphatic heterocycles. The van der Waals surface area contributed by atoms with Gasteiger partial charge in [0.1, 0.15) is 23.5 Å². The zero-order valence-corrected chi connectivity index (χ0v) is 26.4. The fraction of sp³-hybridized carbons (Fsp3) is 0.400. The van der Waals surface area contributed by atoms with E-state index in [0.717, 1.165) is 23.4 Å². The molecule has 2 fully saturated rings. The molecule has 1 aliphatic carbocycles. The average molecular weight is 635 g/mol. The van der Waals surface area contributed by atoms with Crippen molar-refractivity contribution in [2.24, 2.45) is 5.92 Å². The van der Waals surface area contributed by atoms with Crippen LogP contribution in [0, 0.1) is 5.92 Å². The van der Waals surface area contributed by atoms with Crippen LogP contribution in [0.25, 0.3) is 11.5 Å². The van der Waals surface area contributed by atoms with Crippen molar-refractivity contribution in [3.05, 3.63) is 35.8 Å². The number of hydrogen-bond acceptors (Lipinski definition) is 12. The van der Waals surface area contributed by atoms with Crippen molar-refractivity contribution < 1.29 is 32.1 Å². The van der Waals surface area contributed by atoms with Crippen molar-refractivity contribution in [3.63, 3.8) is 0 Å². The minimum Gasteiger partial charge on any atom is -0.494 e. The number of anilines is 3. The van der Waals surface area contributed by atoms with Gasteiger partial charge in [-0.05, 0) is 30.2 Å². The molecule has 16 nitrogen and oxygen atoms in total. The smallest absolute Gasteiger partial charge is 0.272 e. The summed E-state index contributed by atoms with van der Waals surface area (Å²) in [5, 5.41) is 20.4. The number of aromatic nitrogens is 4. The summed E-state index contributed by atoms with van der Waals surface area (Å²) in [5.41, 5.74) is 1.13. The zero-order valence-electron chi connectivity index (χ0n) is 25.6. The summed E-state index contributed by atoms with van der Waals surface area (Å²) in [7, 11) is 3.50. The molecular formula is C25H32B3N9O7S. The fourth-order valence-corrected chi connectivity index (χ4v) is 5.35. The first-order valence-corrected chi connectivity index (χ1v) is 16.1. The molecule has 0 unspecified atom stereocenters. The molecule has 1 saturated carbocycles. The Balaban J connectivity index is 1.40. The van der Waals surface area contributed by atoms with E-state index in [2.05, 4.69) is 36.3 Å². The lowest BCUT2D eigenvalue weighted by Gasteiger charge is -2.32. The van der Waals surface area contributed by atoms with Crippen LogP contribution >= 0.6 is 0 Å². The molecule has 0 spiro atoms. The normalized spacial score (nSPS) is 15.9. The standard InChI is InChI=1S/C25H32B3N9O7S/c1-43-21-14(24-31-18(35-44-24)11-36-8-9-37(12-19(36)38)45(2,41)42)4-3-5-15(21)29-16-10-17(30-22(39)13-6-7-13)33-34-20(16)23(40)32-25(26,27)28/h3-5,10,13H,6-9,11-12,26-28H2,1-2H3,(H,32,40)(H2,29,30,33,39). The summed E-state index contributed by atoms with van der Waals surface area (Å²) in [6.45, 7) is 0.135. The molecule has 0 bridgehead atoms. The van der Waals surface area contributed by atoms with E-state index in [0.29, 0.717) is 17.0 Å². The van der Waals surface area contributed by atoms with E-state index in [4.69, 9.17) is 9.26 Å². The largest absolute Gasteiger partial charge is 0.494 e. The van der Waals surface area contributed by atoms with Crippen molar-refractivity contribution in [3.8, 4) is 17.2 Å². The number of benzene rings is 1. The van der Waals surface area contributed by atoms with Crippen LogP contribution in [-0.4, -0.2) is 117 Å². The van der Waals surface area contributed by atoms with Crippen molar-refractivity contribution >= 4 is 68.5 Å². The predicted molar refractivity (Wildman–Crippen MR) is 171 cm³/mol. The Morgan fingerprint density at radius 2 is 1.91 bits per heavy atom. The second-order valence-corrected chi connectivity index (χ2v) is 13.9. The number of methoxy groups -OCH3 is 1. The molecule has 2 aliphatic rings. The minimum atomic E-state index is -3.48. The molecule has 1 saturated heterocycles. The third-order valence-corrected chi connectivity index (χ3v) is 8.22. The molecule has 3 N–H and O–H groups in total. The highest BCUT2D eigenvalue weighted by molar-refractivity contribution is 7.88. The molecule has 20 heteroatoms. The van der Waals surface area contributed by atoms with E-state index in [1.807, 2.05) is 23.5 Å². The molecule has 5 rings (SSSR count). The van der Waals surface area contributed by atoms with Crippen molar-refractivity contribution in [2.75, 3.05) is 43.6 Å². The predicted octanol–water partition coefficient (Wildman–Crippen LogP) is -2.53. The second-order valence-electron chi connectivity index (χ2n) is 11.9. The Morgan fingerprint density at radius 1 is 1.16 bits per heavy atom. The number of nitrogens with one attached hydrogen (secondary N) is 3. The fourth-order valence-electron chi connectivity index (χ4n) is 4.59. The third kappa shape index (κ3) is 7.80. The SMILES string of the molecule is BC(B)(B)NC(=O)c1nnc(NC(=O)C2CC2)cc1Nc1cccc(-c2nc(CN3CCN(S(C)(=O)=O)CC3=O)no2)c1OC. The van der Waals surface area contributed by atoms with Crippen molar-refractivity contribution in [1.82, 2.24) is 34.9 Å². The van der Waals surface area contributed by atoms with Gasteiger partial charge in [0.15, 0.2) is 23.1 Å². The van der Waals surface area contributed by atoms with E-state index in [1.165, 1.54) is 18.1 Å². The Hall–Kier alpha value is -4.45. The average Bonchev–Trinajstić information content (AvgIpc) is 3.71. The highest BCUT2D eigenvalue weighted by Crippen LogP contribution is 2.38. The number of carbonyl (C=O) groups excluding carboxylic acids is 3. The molecular weight excluding hydrogens is 603 g/mol. The number of amides is 3. The Bertz CT molecular complexity index is 1750. The van der Waals surface area contributed by atoms with Gasteiger partial charge in [0.2, 0.25) is 21.8 Å². The number of sulfonamides is 1. The molecule has 3 amide bonds. The summed E-state index contributed by atoms with van der Waals surface area (Å²) < 4.78 is 36.0. The maximum absolute atomic E-state index is 13.2. The van der Waals surface area contributed by atoms with Crippen LogP contribution in [0.3, 0.4) is 0 Å². The van der Waals surface area contributed by atoms with Crippen LogP contribution in [-0.2, 0) is 26.2 Å². The van der Waals surface area contributed by atoms with Gasteiger partial charge in [-0.2, -0.15) is 9.29 Å². The summed E-state index contributed by atoms with van der Waals surface area (Å²) in [5.74, 6) is -0.219. The summed E-state index contributed by atoms with van der Waals surface area (Å²) in [6, 6.07) is 6.67. The molecule has 0 radical (unpaired) electrons. The number of nitrogens with zero attached hydrogens (tertiary/aromatic N) is 6. The molecule has 234 valence electrons. The van der Waals surface area contributed by atoms with Crippen LogP contribution in [0.4, 0.5) is 17.2 Å². The number of piperazine rings is 1. The van der Waals surface area contributed by atoms with Crippen molar-refractivity contribution in [2.45, 2.75) is 24.6 Å². The lowest BCUT2D eigenvalue weighted by molar-refractivity contribution is -0.134. The monoisotopic (exact) mass is 635 g/mol. The molecule has 0 atom stereocenters. The number of hydrogen-bond donors (Lipinski definition) is 3. The summed E-state index contributed by atoms with van der Waals surface area (Å²) >= 11 is 0. The summed E-state index contributed by atoms with van der Waals surface area (Å²) in [6.07, 6.45) is 2.69. The van der Waals surface area contributed by atoms with Gasteiger partial charge in [0.25, 0.3) is 11.8 Å². The van der Waals surface area contributed by atoms with Gasteiger partial charge in [-0.1, -0.05) is 11.2 Å². The van der Waals surface area contributed by atoms with Gasteiger partial charge in [-0.3, -0.25) is 14.4 Å². The number of carbonyl (C=O) groups is 3. The maximum atomic E-state index is 13.2. The highest BCUT2D eigenvalue weighted by Gasteiger charge is 2.32. The Kier molecular flexibility index (Phi) is 8.89. The van der Waals surface area contributed by atoms with Crippen LogP contribution in [0.5, 0.6) is 5.75 Å². The first-order valence-electron chi connectivity index (χ1n) is 14.2. The third-order valence-electron chi connectivity index (χ3n) is 6.97. The lowest BCUT2D eigenvalue weighted by Crippen LogP contribution is -2.51. The maximum Gasteiger partial charge on any atom is 0.272 e. The van der Waals surface area contributed by atoms with Crippen LogP contribution in [0.15, 0.2) is 28.8 Å². The topological polar surface area (TPSA) is 202 Å². The molecule has 3 heterocycles. The first kappa shape index (κ1) is 32.0. The molecule has 2 aromatic heterocycles. The van der Waals surface area contributed by atoms with Gasteiger partial charge in [0.05, 0.1) is 43.4 Å².